The van der Waals surface area contributed by atoms with Gasteiger partial charge in [-0.1, -0.05) is 30.9 Å². The molecule has 0 bridgehead atoms. The summed E-state index contributed by atoms with van der Waals surface area (Å²) in [5, 5.41) is 0. The Bertz CT molecular complexity index is 448. The van der Waals surface area contributed by atoms with Crippen LogP contribution < -0.4 is 4.74 Å². The number of benzene rings is 1. The molecule has 1 aromatic rings. The molecule has 0 aliphatic carbocycles. The fourth-order valence-electron chi connectivity index (χ4n) is 1.44. The van der Waals surface area contributed by atoms with Crippen molar-refractivity contribution in [3.63, 3.8) is 0 Å². The molecule has 0 heterocycles. The first-order valence-electron chi connectivity index (χ1n) is 5.86. The van der Waals surface area contributed by atoms with Gasteiger partial charge in [-0.15, -0.1) is 11.8 Å². The Labute approximate surface area is 104 Å². The second kappa shape index (κ2) is 7.42. The predicted molar refractivity (Wildman–Crippen MR) is 71.9 cm³/mol. The van der Waals surface area contributed by atoms with Crippen molar-refractivity contribution in [3.05, 3.63) is 29.8 Å². The van der Waals surface area contributed by atoms with E-state index in [0.29, 0.717) is 0 Å². The van der Waals surface area contributed by atoms with Gasteiger partial charge < -0.3 is 4.74 Å². The third-order valence-electron chi connectivity index (χ3n) is 2.36. The van der Waals surface area contributed by atoms with Crippen LogP contribution in [0.3, 0.4) is 0 Å². The summed E-state index contributed by atoms with van der Waals surface area (Å²) in [7, 11) is 1.67. The maximum Gasteiger partial charge on any atom is 0.118 e. The summed E-state index contributed by atoms with van der Waals surface area (Å²) in [5.41, 5.74) is 1.13. The maximum atomic E-state index is 5.14. The summed E-state index contributed by atoms with van der Waals surface area (Å²) < 4.78 is 5.14. The highest BCUT2D eigenvalue weighted by atomic mass is 16.5. The van der Waals surface area contributed by atoms with Gasteiger partial charge in [-0.2, -0.15) is 0 Å². The van der Waals surface area contributed by atoms with Crippen LogP contribution in [-0.4, -0.2) is 7.11 Å². The lowest BCUT2D eigenvalue weighted by Gasteiger charge is -2.05. The van der Waals surface area contributed by atoms with Crippen LogP contribution in [0, 0.1) is 23.7 Å². The minimum atomic E-state index is 0.0115. The number of methoxy groups -OCH3 is 1. The molecular weight excluding hydrogens is 208 g/mol. The smallest absolute Gasteiger partial charge is 0.118 e. The Morgan fingerprint density at radius 1 is 1.18 bits per heavy atom. The predicted octanol–water partition coefficient (Wildman–Crippen LogP) is 3.61. The van der Waals surface area contributed by atoms with E-state index in [1.54, 1.807) is 7.11 Å². The first-order chi connectivity index (χ1) is 8.31. The third kappa shape index (κ3) is 4.25. The molecule has 1 heteroatoms. The monoisotopic (exact) mass is 226 g/mol. The second-order valence-electron chi connectivity index (χ2n) is 3.67. The molecule has 1 nitrogen and oxygen atoms in total. The molecule has 88 valence electrons. The van der Waals surface area contributed by atoms with E-state index < -0.39 is 0 Å². The van der Waals surface area contributed by atoms with Crippen LogP contribution in [0.4, 0.5) is 0 Å². The van der Waals surface area contributed by atoms with E-state index in [1.165, 1.54) is 0 Å². The SMILES string of the molecule is CC#CC(C#CCCC)c1ccc(OC)cc1. The molecule has 0 amide bonds. The minimum Gasteiger partial charge on any atom is -0.497 e. The number of unbranched alkanes of at least 4 members (excludes halogenated alkanes) is 1. The fraction of sp³-hybridized carbons (Fsp3) is 0.375. The van der Waals surface area contributed by atoms with Gasteiger partial charge in [0, 0.05) is 6.42 Å². The van der Waals surface area contributed by atoms with Crippen molar-refractivity contribution in [1.82, 2.24) is 0 Å². The molecule has 0 aliphatic rings. The van der Waals surface area contributed by atoms with Gasteiger partial charge in [-0.05, 0) is 31.0 Å². The highest BCUT2D eigenvalue weighted by Gasteiger charge is 2.04. The largest absolute Gasteiger partial charge is 0.497 e. The minimum absolute atomic E-state index is 0.0115. The van der Waals surface area contributed by atoms with Crippen molar-refractivity contribution >= 4 is 0 Å². The summed E-state index contributed by atoms with van der Waals surface area (Å²) in [4.78, 5) is 0. The van der Waals surface area contributed by atoms with Crippen molar-refractivity contribution in [1.29, 1.82) is 0 Å². The van der Waals surface area contributed by atoms with Gasteiger partial charge in [0.15, 0.2) is 0 Å². The zero-order chi connectivity index (χ0) is 12.5. The summed E-state index contributed by atoms with van der Waals surface area (Å²) in [6.45, 7) is 3.97. The topological polar surface area (TPSA) is 9.23 Å². The van der Waals surface area contributed by atoms with Crippen molar-refractivity contribution in [3.8, 4) is 29.4 Å². The molecule has 0 radical (unpaired) electrons. The van der Waals surface area contributed by atoms with E-state index in [-0.39, 0.29) is 5.92 Å². The maximum absolute atomic E-state index is 5.14. The quantitative estimate of drug-likeness (QED) is 0.715. The van der Waals surface area contributed by atoms with Crippen LogP contribution in [0.2, 0.25) is 0 Å². The van der Waals surface area contributed by atoms with Crippen LogP contribution in [-0.2, 0) is 0 Å². The highest BCUT2D eigenvalue weighted by Crippen LogP contribution is 2.18. The summed E-state index contributed by atoms with van der Waals surface area (Å²) in [6.07, 6.45) is 2.01. The van der Waals surface area contributed by atoms with Crippen molar-refractivity contribution in [2.75, 3.05) is 7.11 Å². The van der Waals surface area contributed by atoms with Gasteiger partial charge in [0.05, 0.1) is 7.11 Å². The van der Waals surface area contributed by atoms with Crippen LogP contribution in [0.1, 0.15) is 38.2 Å². The normalized spacial score (nSPS) is 10.5. The molecule has 0 aliphatic heterocycles. The highest BCUT2D eigenvalue weighted by molar-refractivity contribution is 5.39. The van der Waals surface area contributed by atoms with Crippen LogP contribution in [0.5, 0.6) is 5.75 Å². The molecule has 0 saturated heterocycles. The lowest BCUT2D eigenvalue weighted by atomic mass is 10.00. The molecule has 0 spiro atoms. The van der Waals surface area contributed by atoms with Crippen LogP contribution >= 0.6 is 0 Å². The van der Waals surface area contributed by atoms with Gasteiger partial charge in [0.1, 0.15) is 11.7 Å². The molecule has 0 aromatic heterocycles. The summed E-state index contributed by atoms with van der Waals surface area (Å²) in [5.74, 6) is 13.3. The summed E-state index contributed by atoms with van der Waals surface area (Å²) >= 11 is 0. The van der Waals surface area contributed by atoms with E-state index in [0.717, 1.165) is 24.2 Å². The van der Waals surface area contributed by atoms with E-state index in [4.69, 9.17) is 4.74 Å². The lowest BCUT2D eigenvalue weighted by Crippen LogP contribution is -1.93. The van der Waals surface area contributed by atoms with Gasteiger partial charge in [-0.25, -0.2) is 0 Å². The van der Waals surface area contributed by atoms with Gasteiger partial charge in [0.25, 0.3) is 0 Å². The Kier molecular flexibility index (Phi) is 5.76. The zero-order valence-electron chi connectivity index (χ0n) is 10.7. The molecule has 1 unspecified atom stereocenters. The lowest BCUT2D eigenvalue weighted by molar-refractivity contribution is 0.414. The summed E-state index contributed by atoms with van der Waals surface area (Å²) in [6, 6.07) is 7.94. The Morgan fingerprint density at radius 2 is 1.88 bits per heavy atom. The molecular formula is C16H18O. The first kappa shape index (κ1) is 13.2. The zero-order valence-corrected chi connectivity index (χ0v) is 10.7. The standard InChI is InChI=1S/C16H18O/c1-4-6-7-9-14(8-5-2)15-10-12-16(17-3)13-11-15/h10-14H,4,6H2,1-3H3. The molecule has 17 heavy (non-hydrogen) atoms. The number of ether oxygens (including phenoxy) is 1. The first-order valence-corrected chi connectivity index (χ1v) is 5.86. The van der Waals surface area contributed by atoms with E-state index in [2.05, 4.69) is 30.6 Å². The van der Waals surface area contributed by atoms with Gasteiger partial charge in [-0.3, -0.25) is 0 Å². The van der Waals surface area contributed by atoms with Crippen molar-refractivity contribution < 1.29 is 4.74 Å². The van der Waals surface area contributed by atoms with E-state index >= 15 is 0 Å². The fourth-order valence-corrected chi connectivity index (χ4v) is 1.44. The van der Waals surface area contributed by atoms with Gasteiger partial charge in [0.2, 0.25) is 0 Å². The van der Waals surface area contributed by atoms with E-state index in [1.807, 2.05) is 31.2 Å². The van der Waals surface area contributed by atoms with Crippen LogP contribution in [0.25, 0.3) is 0 Å². The Hall–Kier alpha value is -1.86. The molecule has 1 aromatic carbocycles. The third-order valence-corrected chi connectivity index (χ3v) is 2.36. The van der Waals surface area contributed by atoms with E-state index in [9.17, 15) is 0 Å². The van der Waals surface area contributed by atoms with Gasteiger partial charge >= 0.3 is 0 Å². The van der Waals surface area contributed by atoms with Crippen molar-refractivity contribution in [2.45, 2.75) is 32.6 Å². The number of hydrogen-bond donors (Lipinski definition) is 0. The molecule has 0 N–H and O–H groups in total. The average molecular weight is 226 g/mol. The number of hydrogen-bond acceptors (Lipinski definition) is 1. The second-order valence-corrected chi connectivity index (χ2v) is 3.67. The Morgan fingerprint density at radius 3 is 2.41 bits per heavy atom. The van der Waals surface area contributed by atoms with Crippen molar-refractivity contribution in [2.24, 2.45) is 0 Å². The Balaban J connectivity index is 2.89. The molecule has 1 atom stereocenters. The number of rotatable bonds is 3. The molecule has 0 saturated carbocycles. The van der Waals surface area contributed by atoms with Crippen LogP contribution in [0.15, 0.2) is 24.3 Å². The average Bonchev–Trinajstić information content (AvgIpc) is 2.38. The molecule has 0 fully saturated rings. The molecule has 1 rings (SSSR count).